The Hall–Kier alpha value is -2.58. The normalized spacial score (nSPS) is 10.6. The van der Waals surface area contributed by atoms with Crippen molar-refractivity contribution in [3.05, 3.63) is 50.8 Å². The van der Waals surface area contributed by atoms with Crippen LogP contribution >= 0.6 is 22.7 Å². The number of thiazole rings is 2. The molecule has 3 rings (SSSR count). The smallest absolute Gasteiger partial charge is 0.350 e. The number of nitrogens with zero attached hydrogens (tertiary/aromatic N) is 2. The van der Waals surface area contributed by atoms with Gasteiger partial charge in [-0.25, -0.2) is 14.8 Å². The number of aromatic nitrogens is 2. The summed E-state index contributed by atoms with van der Waals surface area (Å²) in [5.74, 6) is -0.964. The molecule has 140 valence electrons. The van der Waals surface area contributed by atoms with Crippen molar-refractivity contribution in [2.24, 2.45) is 0 Å². The molecule has 6 nitrogen and oxygen atoms in total. The number of aryl methyl sites for hydroxylation is 3. The number of hydrogen-bond acceptors (Lipinski definition) is 7. The fraction of sp³-hybridized carbons (Fsp3) is 0.263. The minimum Gasteiger partial charge on any atom is -0.451 e. The van der Waals surface area contributed by atoms with Crippen molar-refractivity contribution in [2.75, 3.05) is 11.9 Å². The molecule has 0 aliphatic rings. The maximum atomic E-state index is 12.0. The number of anilines is 1. The standard InChI is InChI=1S/C19H19N3O3S2/c1-4-13-5-7-14(8-6-13)15-10-26-19(21-15)22-16(23)9-25-18(24)17-11(2)20-12(3)27-17/h5-8,10H,4,9H2,1-3H3,(H,21,22,23). The SMILES string of the molecule is CCc1ccc(-c2csc(NC(=O)COC(=O)c3sc(C)nc3C)n2)cc1. The minimum atomic E-state index is -0.538. The van der Waals surface area contributed by atoms with Crippen LogP contribution in [0.2, 0.25) is 0 Å². The summed E-state index contributed by atoms with van der Waals surface area (Å²) in [7, 11) is 0. The number of carbonyl (C=O) groups is 2. The van der Waals surface area contributed by atoms with Gasteiger partial charge in [-0.3, -0.25) is 10.1 Å². The van der Waals surface area contributed by atoms with Gasteiger partial charge in [0.05, 0.1) is 16.4 Å². The minimum absolute atomic E-state index is 0.366. The lowest BCUT2D eigenvalue weighted by molar-refractivity contribution is -0.119. The molecule has 0 radical (unpaired) electrons. The molecule has 2 aromatic heterocycles. The highest BCUT2D eigenvalue weighted by molar-refractivity contribution is 7.14. The van der Waals surface area contributed by atoms with E-state index in [-0.39, 0.29) is 6.61 Å². The van der Waals surface area contributed by atoms with E-state index in [1.807, 2.05) is 24.4 Å². The van der Waals surface area contributed by atoms with Crippen LogP contribution in [-0.4, -0.2) is 28.5 Å². The first-order valence-electron chi connectivity index (χ1n) is 8.42. The van der Waals surface area contributed by atoms with E-state index in [1.165, 1.54) is 28.2 Å². The predicted molar refractivity (Wildman–Crippen MR) is 107 cm³/mol. The Morgan fingerprint density at radius 1 is 1.15 bits per heavy atom. The quantitative estimate of drug-likeness (QED) is 0.625. The first-order valence-corrected chi connectivity index (χ1v) is 10.1. The zero-order chi connectivity index (χ0) is 19.4. The van der Waals surface area contributed by atoms with Gasteiger partial charge in [-0.1, -0.05) is 31.2 Å². The highest BCUT2D eigenvalue weighted by Gasteiger charge is 2.17. The molecule has 3 aromatic rings. The number of carbonyl (C=O) groups excluding carboxylic acids is 2. The lowest BCUT2D eigenvalue weighted by atomic mass is 10.1. The van der Waals surface area contributed by atoms with Crippen molar-refractivity contribution >= 4 is 39.7 Å². The second-order valence-corrected chi connectivity index (χ2v) is 7.92. The molecule has 0 saturated heterocycles. The molecule has 8 heteroatoms. The summed E-state index contributed by atoms with van der Waals surface area (Å²) < 4.78 is 5.07. The summed E-state index contributed by atoms with van der Waals surface area (Å²) in [6.07, 6.45) is 0.984. The number of nitrogens with one attached hydrogen (secondary N) is 1. The Morgan fingerprint density at radius 2 is 1.89 bits per heavy atom. The van der Waals surface area contributed by atoms with Crippen LogP contribution in [0.15, 0.2) is 29.6 Å². The highest BCUT2D eigenvalue weighted by Crippen LogP contribution is 2.25. The molecule has 0 bridgehead atoms. The van der Waals surface area contributed by atoms with E-state index in [0.29, 0.717) is 15.7 Å². The topological polar surface area (TPSA) is 81.2 Å². The van der Waals surface area contributed by atoms with E-state index in [4.69, 9.17) is 4.74 Å². The summed E-state index contributed by atoms with van der Waals surface area (Å²) in [5.41, 5.74) is 3.66. The molecule has 1 N–H and O–H groups in total. The van der Waals surface area contributed by atoms with Gasteiger partial charge in [-0.2, -0.15) is 0 Å². The van der Waals surface area contributed by atoms with Crippen LogP contribution in [0.25, 0.3) is 11.3 Å². The van der Waals surface area contributed by atoms with Gasteiger partial charge in [0.15, 0.2) is 11.7 Å². The molecular weight excluding hydrogens is 382 g/mol. The van der Waals surface area contributed by atoms with Crippen molar-refractivity contribution < 1.29 is 14.3 Å². The Balaban J connectivity index is 1.56. The fourth-order valence-corrected chi connectivity index (χ4v) is 4.00. The van der Waals surface area contributed by atoms with Gasteiger partial charge in [-0.05, 0) is 25.8 Å². The number of hydrogen-bond donors (Lipinski definition) is 1. The maximum Gasteiger partial charge on any atom is 0.350 e. The van der Waals surface area contributed by atoms with E-state index < -0.39 is 11.9 Å². The number of ether oxygens (including phenoxy) is 1. The van der Waals surface area contributed by atoms with Gasteiger partial charge < -0.3 is 4.74 Å². The van der Waals surface area contributed by atoms with Gasteiger partial charge in [-0.15, -0.1) is 22.7 Å². The largest absolute Gasteiger partial charge is 0.451 e. The molecule has 0 aliphatic heterocycles. The van der Waals surface area contributed by atoms with Crippen LogP contribution in [0.1, 0.15) is 32.9 Å². The van der Waals surface area contributed by atoms with Crippen molar-refractivity contribution in [3.63, 3.8) is 0 Å². The third-order valence-electron chi connectivity index (χ3n) is 3.83. The van der Waals surface area contributed by atoms with E-state index in [2.05, 4.69) is 34.3 Å². The number of rotatable bonds is 6. The third-order valence-corrected chi connectivity index (χ3v) is 5.64. The van der Waals surface area contributed by atoms with Gasteiger partial charge in [0.2, 0.25) is 0 Å². The van der Waals surface area contributed by atoms with E-state index in [9.17, 15) is 9.59 Å². The van der Waals surface area contributed by atoms with Crippen LogP contribution in [0.4, 0.5) is 5.13 Å². The first kappa shape index (κ1) is 19.2. The Kier molecular flexibility index (Phi) is 5.98. The van der Waals surface area contributed by atoms with Crippen molar-refractivity contribution in [3.8, 4) is 11.3 Å². The summed E-state index contributed by atoms with van der Waals surface area (Å²) in [5, 5.41) is 5.79. The predicted octanol–water partition coefficient (Wildman–Crippen LogP) is 4.24. The van der Waals surface area contributed by atoms with Crippen LogP contribution in [0.3, 0.4) is 0 Å². The van der Waals surface area contributed by atoms with Gasteiger partial charge >= 0.3 is 5.97 Å². The summed E-state index contributed by atoms with van der Waals surface area (Å²) >= 11 is 2.58. The molecule has 0 saturated carbocycles. The summed E-state index contributed by atoms with van der Waals surface area (Å²) in [6.45, 7) is 5.30. The van der Waals surface area contributed by atoms with E-state index in [1.54, 1.807) is 6.92 Å². The highest BCUT2D eigenvalue weighted by atomic mass is 32.1. The van der Waals surface area contributed by atoms with Gasteiger partial charge in [0.1, 0.15) is 4.88 Å². The van der Waals surface area contributed by atoms with Crippen LogP contribution in [0.5, 0.6) is 0 Å². The summed E-state index contributed by atoms with van der Waals surface area (Å²) in [4.78, 5) is 33.1. The Labute approximate surface area is 165 Å². The molecule has 0 fully saturated rings. The van der Waals surface area contributed by atoms with Gasteiger partial charge in [0.25, 0.3) is 5.91 Å². The Morgan fingerprint density at radius 3 is 2.52 bits per heavy atom. The zero-order valence-corrected chi connectivity index (χ0v) is 16.9. The fourth-order valence-electron chi connectivity index (χ4n) is 2.45. The van der Waals surface area contributed by atoms with E-state index >= 15 is 0 Å². The number of amides is 1. The van der Waals surface area contributed by atoms with Crippen molar-refractivity contribution in [1.82, 2.24) is 9.97 Å². The van der Waals surface area contributed by atoms with Crippen molar-refractivity contribution in [2.45, 2.75) is 27.2 Å². The molecule has 0 unspecified atom stereocenters. The second-order valence-electron chi connectivity index (χ2n) is 5.86. The molecule has 2 heterocycles. The summed E-state index contributed by atoms with van der Waals surface area (Å²) in [6, 6.07) is 8.16. The molecule has 27 heavy (non-hydrogen) atoms. The maximum absolute atomic E-state index is 12.0. The first-order chi connectivity index (χ1) is 13.0. The molecular formula is C19H19N3O3S2. The van der Waals surface area contributed by atoms with Crippen molar-refractivity contribution in [1.29, 1.82) is 0 Å². The van der Waals surface area contributed by atoms with Crippen LogP contribution in [-0.2, 0) is 16.0 Å². The molecule has 1 amide bonds. The molecule has 0 spiro atoms. The van der Waals surface area contributed by atoms with E-state index in [0.717, 1.165) is 22.7 Å². The Bertz CT molecular complexity index is 961. The number of benzene rings is 1. The van der Waals surface area contributed by atoms with Crippen LogP contribution < -0.4 is 5.32 Å². The zero-order valence-electron chi connectivity index (χ0n) is 15.2. The van der Waals surface area contributed by atoms with Gasteiger partial charge in [0, 0.05) is 10.9 Å². The second kappa shape index (κ2) is 8.41. The third kappa shape index (κ3) is 4.78. The van der Waals surface area contributed by atoms with Crippen LogP contribution in [0, 0.1) is 13.8 Å². The average molecular weight is 402 g/mol. The lowest BCUT2D eigenvalue weighted by Crippen LogP contribution is -2.20. The average Bonchev–Trinajstić information content (AvgIpc) is 3.25. The molecule has 0 atom stereocenters. The lowest BCUT2D eigenvalue weighted by Gasteiger charge is -2.03. The number of esters is 1. The molecule has 0 aliphatic carbocycles. The monoisotopic (exact) mass is 401 g/mol. The molecule has 1 aromatic carbocycles.